The summed E-state index contributed by atoms with van der Waals surface area (Å²) in [5, 5.41) is 18.6. The Morgan fingerprint density at radius 3 is 2.50 bits per heavy atom. The Bertz CT molecular complexity index is 386. The van der Waals surface area contributed by atoms with E-state index in [4.69, 9.17) is 0 Å². The number of halogens is 1. The summed E-state index contributed by atoms with van der Waals surface area (Å²) in [6, 6.07) is 2.41. The summed E-state index contributed by atoms with van der Waals surface area (Å²) in [6.45, 7) is 0.161. The van der Waals surface area contributed by atoms with Crippen LogP contribution >= 0.6 is 0 Å². The SMILES string of the molecule is O=C(c1ccc(F)nc1)N1C[C@@H](O)[C@@H](O)C1. The van der Waals surface area contributed by atoms with Gasteiger partial charge in [0.2, 0.25) is 5.95 Å². The third kappa shape index (κ3) is 2.02. The van der Waals surface area contributed by atoms with Crippen LogP contribution in [0.25, 0.3) is 0 Å². The quantitative estimate of drug-likeness (QED) is 0.627. The predicted octanol–water partition coefficient (Wildman–Crippen LogP) is -0.602. The lowest BCUT2D eigenvalue weighted by Gasteiger charge is -2.14. The molecule has 1 aliphatic heterocycles. The molecule has 86 valence electrons. The first-order valence-corrected chi connectivity index (χ1v) is 4.85. The molecule has 0 bridgehead atoms. The third-order valence-electron chi connectivity index (χ3n) is 2.52. The summed E-state index contributed by atoms with van der Waals surface area (Å²) in [5.41, 5.74) is 0.239. The van der Waals surface area contributed by atoms with Crippen molar-refractivity contribution >= 4 is 5.91 Å². The summed E-state index contributed by atoms with van der Waals surface area (Å²) >= 11 is 0. The molecule has 2 N–H and O–H groups in total. The molecule has 1 aromatic rings. The fourth-order valence-electron chi connectivity index (χ4n) is 1.62. The zero-order valence-corrected chi connectivity index (χ0v) is 8.38. The van der Waals surface area contributed by atoms with Gasteiger partial charge in [0.15, 0.2) is 0 Å². The fourth-order valence-corrected chi connectivity index (χ4v) is 1.62. The van der Waals surface area contributed by atoms with Gasteiger partial charge in [0, 0.05) is 19.3 Å². The van der Waals surface area contributed by atoms with Gasteiger partial charge in [-0.2, -0.15) is 4.39 Å². The van der Waals surface area contributed by atoms with E-state index in [-0.39, 0.29) is 24.6 Å². The van der Waals surface area contributed by atoms with Gasteiger partial charge in [0.05, 0.1) is 17.8 Å². The minimum absolute atomic E-state index is 0.0807. The maximum absolute atomic E-state index is 12.5. The Morgan fingerprint density at radius 2 is 2.00 bits per heavy atom. The highest BCUT2D eigenvalue weighted by Gasteiger charge is 2.32. The van der Waals surface area contributed by atoms with E-state index >= 15 is 0 Å². The minimum Gasteiger partial charge on any atom is -0.388 e. The molecule has 0 aliphatic carbocycles. The molecule has 0 spiro atoms. The van der Waals surface area contributed by atoms with Crippen molar-refractivity contribution in [3.05, 3.63) is 29.8 Å². The summed E-state index contributed by atoms with van der Waals surface area (Å²) in [5.74, 6) is -1.03. The maximum atomic E-state index is 12.5. The summed E-state index contributed by atoms with van der Waals surface area (Å²) in [4.78, 5) is 16.5. The Morgan fingerprint density at radius 1 is 1.38 bits per heavy atom. The van der Waals surface area contributed by atoms with E-state index in [0.29, 0.717) is 0 Å². The van der Waals surface area contributed by atoms with Gasteiger partial charge in [0.1, 0.15) is 0 Å². The van der Waals surface area contributed by atoms with Gasteiger partial charge in [-0.1, -0.05) is 0 Å². The zero-order chi connectivity index (χ0) is 11.7. The molecule has 5 nitrogen and oxygen atoms in total. The standard InChI is InChI=1S/C10H11FN2O3/c11-9-2-1-6(3-12-9)10(16)13-4-7(14)8(15)5-13/h1-3,7-8,14-15H,4-5H2/t7-,8+. The number of β-amino-alcohol motifs (C(OH)–C–C–N with tert-alkyl or cyclic N) is 2. The van der Waals surface area contributed by atoms with Gasteiger partial charge in [-0.3, -0.25) is 4.79 Å². The Kier molecular flexibility index (Phi) is 2.84. The smallest absolute Gasteiger partial charge is 0.255 e. The summed E-state index contributed by atoms with van der Waals surface area (Å²) in [7, 11) is 0. The first kappa shape index (κ1) is 11.0. The molecule has 2 rings (SSSR count). The van der Waals surface area contributed by atoms with Gasteiger partial charge in [-0.15, -0.1) is 0 Å². The maximum Gasteiger partial charge on any atom is 0.255 e. The van der Waals surface area contributed by atoms with E-state index in [2.05, 4.69) is 4.98 Å². The largest absolute Gasteiger partial charge is 0.388 e. The number of aromatic nitrogens is 1. The molecule has 0 saturated carbocycles. The second kappa shape index (κ2) is 4.15. The summed E-state index contributed by atoms with van der Waals surface area (Å²) < 4.78 is 12.5. The number of carbonyl (C=O) groups is 1. The Hall–Kier alpha value is -1.53. The van der Waals surface area contributed by atoms with Crippen molar-refractivity contribution < 1.29 is 19.4 Å². The molecule has 1 fully saturated rings. The van der Waals surface area contributed by atoms with Crippen LogP contribution in [0.1, 0.15) is 10.4 Å². The molecule has 1 aromatic heterocycles. The van der Waals surface area contributed by atoms with Gasteiger partial charge >= 0.3 is 0 Å². The normalized spacial score (nSPS) is 24.8. The van der Waals surface area contributed by atoms with Crippen molar-refractivity contribution in [2.45, 2.75) is 12.2 Å². The number of aliphatic hydroxyl groups excluding tert-OH is 2. The van der Waals surface area contributed by atoms with Crippen molar-refractivity contribution in [1.29, 1.82) is 0 Å². The number of amides is 1. The van der Waals surface area contributed by atoms with Crippen LogP contribution < -0.4 is 0 Å². The van der Waals surface area contributed by atoms with Crippen LogP contribution in [-0.2, 0) is 0 Å². The summed E-state index contributed by atoms with van der Waals surface area (Å²) in [6.07, 6.45) is -0.705. The predicted molar refractivity (Wildman–Crippen MR) is 52.1 cm³/mol. The number of hydrogen-bond acceptors (Lipinski definition) is 4. The van der Waals surface area contributed by atoms with Crippen LogP contribution in [0.4, 0.5) is 4.39 Å². The van der Waals surface area contributed by atoms with E-state index in [1.54, 1.807) is 0 Å². The average molecular weight is 226 g/mol. The molecule has 1 saturated heterocycles. The lowest BCUT2D eigenvalue weighted by Crippen LogP contribution is -2.29. The number of rotatable bonds is 1. The topological polar surface area (TPSA) is 73.7 Å². The van der Waals surface area contributed by atoms with E-state index in [1.165, 1.54) is 11.0 Å². The van der Waals surface area contributed by atoms with Crippen molar-refractivity contribution in [2.75, 3.05) is 13.1 Å². The Labute approximate surface area is 91.1 Å². The highest BCUT2D eigenvalue weighted by Crippen LogP contribution is 2.13. The van der Waals surface area contributed by atoms with E-state index in [9.17, 15) is 19.4 Å². The van der Waals surface area contributed by atoms with Crippen LogP contribution in [0, 0.1) is 5.95 Å². The molecular formula is C10H11FN2O3. The van der Waals surface area contributed by atoms with Crippen LogP contribution in [0.15, 0.2) is 18.3 Å². The molecule has 2 heterocycles. The van der Waals surface area contributed by atoms with Crippen molar-refractivity contribution in [3.63, 3.8) is 0 Å². The highest BCUT2D eigenvalue weighted by molar-refractivity contribution is 5.94. The molecule has 6 heteroatoms. The molecule has 1 amide bonds. The number of nitrogens with zero attached hydrogens (tertiary/aromatic N) is 2. The van der Waals surface area contributed by atoms with Crippen LogP contribution in [-0.4, -0.2) is 51.3 Å². The van der Waals surface area contributed by atoms with E-state index in [1.807, 2.05) is 0 Å². The molecule has 2 atom stereocenters. The number of carbonyl (C=O) groups excluding carboxylic acids is 1. The molecule has 0 unspecified atom stereocenters. The highest BCUT2D eigenvalue weighted by atomic mass is 19.1. The van der Waals surface area contributed by atoms with Gasteiger partial charge in [-0.05, 0) is 12.1 Å². The van der Waals surface area contributed by atoms with Crippen LogP contribution in [0.2, 0.25) is 0 Å². The molecular weight excluding hydrogens is 215 g/mol. The molecule has 0 aromatic carbocycles. The first-order valence-electron chi connectivity index (χ1n) is 4.85. The first-order chi connectivity index (χ1) is 7.58. The molecule has 16 heavy (non-hydrogen) atoms. The molecule has 0 radical (unpaired) electrons. The van der Waals surface area contributed by atoms with Gasteiger partial charge in [-0.25, -0.2) is 4.98 Å². The van der Waals surface area contributed by atoms with Crippen molar-refractivity contribution in [1.82, 2.24) is 9.88 Å². The lowest BCUT2D eigenvalue weighted by atomic mass is 10.2. The number of aliphatic hydroxyl groups is 2. The van der Waals surface area contributed by atoms with E-state index in [0.717, 1.165) is 12.3 Å². The minimum atomic E-state index is -0.919. The fraction of sp³-hybridized carbons (Fsp3) is 0.400. The monoisotopic (exact) mass is 226 g/mol. The van der Waals surface area contributed by atoms with Gasteiger partial charge in [0.25, 0.3) is 5.91 Å². The van der Waals surface area contributed by atoms with E-state index < -0.39 is 18.2 Å². The van der Waals surface area contributed by atoms with Crippen LogP contribution in [0.5, 0.6) is 0 Å². The van der Waals surface area contributed by atoms with Gasteiger partial charge < -0.3 is 15.1 Å². The average Bonchev–Trinajstić information content (AvgIpc) is 2.59. The zero-order valence-electron chi connectivity index (χ0n) is 8.38. The Balaban J connectivity index is 2.11. The second-order valence-electron chi connectivity index (χ2n) is 3.71. The van der Waals surface area contributed by atoms with Crippen molar-refractivity contribution in [3.8, 4) is 0 Å². The number of hydrogen-bond donors (Lipinski definition) is 2. The number of likely N-dealkylation sites (tertiary alicyclic amines) is 1. The lowest BCUT2D eigenvalue weighted by molar-refractivity contribution is 0.0572. The van der Waals surface area contributed by atoms with Crippen LogP contribution in [0.3, 0.4) is 0 Å². The third-order valence-corrected chi connectivity index (χ3v) is 2.52. The number of pyridine rings is 1. The molecule has 1 aliphatic rings. The van der Waals surface area contributed by atoms with Crippen molar-refractivity contribution in [2.24, 2.45) is 0 Å². The second-order valence-corrected chi connectivity index (χ2v) is 3.71.